The Bertz CT molecular complexity index is 1200. The molecule has 1 aliphatic rings. The molecule has 1 heterocycles. The number of carbonyl (C=O) groups excluding carboxylic acids is 4. The number of anilines is 1. The number of nitrogens with zero attached hydrogens (tertiary/aromatic N) is 1. The van der Waals surface area contributed by atoms with Gasteiger partial charge in [0, 0.05) is 16.6 Å². The fourth-order valence-electron chi connectivity index (χ4n) is 3.94. The second kappa shape index (κ2) is 11.6. The molecule has 0 unspecified atom stereocenters. The molecule has 0 aromatic heterocycles. The van der Waals surface area contributed by atoms with Crippen LogP contribution in [0.15, 0.2) is 89.4 Å². The summed E-state index contributed by atoms with van der Waals surface area (Å²) < 4.78 is 5.99. The maximum absolute atomic E-state index is 13.3. The van der Waals surface area contributed by atoms with Crippen molar-refractivity contribution in [2.75, 3.05) is 18.5 Å². The number of nitrogens with one attached hydrogen (secondary N) is 2. The van der Waals surface area contributed by atoms with Crippen molar-refractivity contribution in [2.24, 2.45) is 5.92 Å². The predicted molar refractivity (Wildman–Crippen MR) is 136 cm³/mol. The van der Waals surface area contributed by atoms with E-state index in [0.717, 1.165) is 20.6 Å². The highest BCUT2D eigenvalue weighted by Gasteiger charge is 2.37. The third-order valence-corrected chi connectivity index (χ3v) is 6.23. The molecule has 3 amide bonds. The molecule has 36 heavy (non-hydrogen) atoms. The van der Waals surface area contributed by atoms with Crippen LogP contribution >= 0.6 is 15.9 Å². The Labute approximate surface area is 216 Å². The van der Waals surface area contributed by atoms with Gasteiger partial charge < -0.3 is 10.1 Å². The van der Waals surface area contributed by atoms with Crippen LogP contribution in [0, 0.1) is 5.92 Å². The van der Waals surface area contributed by atoms with Crippen LogP contribution in [0.4, 0.5) is 5.69 Å². The number of ether oxygens (including phenoxy) is 1. The first kappa shape index (κ1) is 25.1. The van der Waals surface area contributed by atoms with E-state index in [1.54, 1.807) is 24.3 Å². The van der Waals surface area contributed by atoms with Crippen molar-refractivity contribution in [3.8, 4) is 0 Å². The van der Waals surface area contributed by atoms with E-state index in [2.05, 4.69) is 26.7 Å². The number of benzene rings is 3. The smallest absolute Gasteiger partial charge is 0.311 e. The topological polar surface area (TPSA) is 105 Å². The first-order chi connectivity index (χ1) is 17.4. The van der Waals surface area contributed by atoms with Gasteiger partial charge in [-0.25, -0.2) is 0 Å². The Kier molecular flexibility index (Phi) is 8.12. The molecule has 0 saturated carbocycles. The van der Waals surface area contributed by atoms with E-state index >= 15 is 0 Å². The molecule has 2 N–H and O–H groups in total. The summed E-state index contributed by atoms with van der Waals surface area (Å²) in [4.78, 5) is 50.4. The molecule has 0 aliphatic carbocycles. The first-order valence-corrected chi connectivity index (χ1v) is 12.1. The van der Waals surface area contributed by atoms with Crippen molar-refractivity contribution in [1.29, 1.82) is 0 Å². The lowest BCUT2D eigenvalue weighted by Gasteiger charge is -2.23. The summed E-state index contributed by atoms with van der Waals surface area (Å²) in [6.07, 6.45) is -0.116. The molecule has 1 saturated heterocycles. The highest BCUT2D eigenvalue weighted by atomic mass is 79.9. The molecule has 1 atom stereocenters. The second-order valence-electron chi connectivity index (χ2n) is 8.30. The molecule has 4 rings (SSSR count). The van der Waals surface area contributed by atoms with Crippen LogP contribution in [0.3, 0.4) is 0 Å². The van der Waals surface area contributed by atoms with Crippen LogP contribution in [0.1, 0.15) is 23.5 Å². The number of halogens is 1. The van der Waals surface area contributed by atoms with Gasteiger partial charge in [0.25, 0.3) is 11.8 Å². The van der Waals surface area contributed by atoms with E-state index in [-0.39, 0.29) is 18.9 Å². The predicted octanol–water partition coefficient (Wildman–Crippen LogP) is 3.64. The lowest BCUT2D eigenvalue weighted by molar-refractivity contribution is -0.151. The van der Waals surface area contributed by atoms with Crippen LogP contribution in [0.25, 0.3) is 0 Å². The highest BCUT2D eigenvalue weighted by Crippen LogP contribution is 2.26. The number of rotatable bonds is 8. The number of amides is 3. The molecule has 0 bridgehead atoms. The summed E-state index contributed by atoms with van der Waals surface area (Å²) in [6.45, 7) is -0.510. The summed E-state index contributed by atoms with van der Waals surface area (Å²) in [5.74, 6) is -3.37. The molecular formula is C27H24BrN3O5. The monoisotopic (exact) mass is 549 g/mol. The molecule has 3 aromatic carbocycles. The number of hydrazine groups is 1. The van der Waals surface area contributed by atoms with Crippen LogP contribution in [0.5, 0.6) is 0 Å². The summed E-state index contributed by atoms with van der Waals surface area (Å²) in [5, 5.41) is 3.78. The van der Waals surface area contributed by atoms with E-state index in [1.165, 1.54) is 0 Å². The maximum Gasteiger partial charge on any atom is 0.311 e. The molecule has 8 nitrogen and oxygen atoms in total. The fourth-order valence-corrected chi connectivity index (χ4v) is 4.21. The van der Waals surface area contributed by atoms with Crippen molar-refractivity contribution in [3.63, 3.8) is 0 Å². The Morgan fingerprint density at radius 1 is 0.917 bits per heavy atom. The average molecular weight is 550 g/mol. The average Bonchev–Trinajstić information content (AvgIpc) is 3.25. The van der Waals surface area contributed by atoms with E-state index in [0.29, 0.717) is 5.69 Å². The van der Waals surface area contributed by atoms with Crippen LogP contribution in [0.2, 0.25) is 0 Å². The van der Waals surface area contributed by atoms with E-state index in [9.17, 15) is 19.2 Å². The third kappa shape index (κ3) is 6.37. The molecular weight excluding hydrogens is 526 g/mol. The first-order valence-electron chi connectivity index (χ1n) is 11.3. The van der Waals surface area contributed by atoms with Gasteiger partial charge in [0.15, 0.2) is 6.61 Å². The Morgan fingerprint density at radius 2 is 1.50 bits per heavy atom. The van der Waals surface area contributed by atoms with Gasteiger partial charge >= 0.3 is 5.97 Å². The lowest BCUT2D eigenvalue weighted by atomic mass is 9.91. The number of carbonyl (C=O) groups is 4. The molecule has 0 radical (unpaired) electrons. The lowest BCUT2D eigenvalue weighted by Crippen LogP contribution is -2.45. The zero-order valence-corrected chi connectivity index (χ0v) is 20.8. The second-order valence-corrected chi connectivity index (χ2v) is 9.21. The fraction of sp³-hybridized carbons (Fsp3) is 0.185. The molecule has 0 spiro atoms. The SMILES string of the molecule is O=C(COC(=O)[C@H]1CC(=O)N(NC(=O)C(c2ccccc2)c2ccccc2)C1)Nc1ccc(Br)cc1. The Morgan fingerprint density at radius 3 is 2.08 bits per heavy atom. The minimum atomic E-state index is -0.787. The molecule has 1 fully saturated rings. The summed E-state index contributed by atoms with van der Waals surface area (Å²) in [5.41, 5.74) is 4.79. The number of esters is 1. The number of hydrogen-bond acceptors (Lipinski definition) is 5. The van der Waals surface area contributed by atoms with Gasteiger partial charge in [0.2, 0.25) is 5.91 Å². The van der Waals surface area contributed by atoms with Crippen molar-refractivity contribution in [2.45, 2.75) is 12.3 Å². The maximum atomic E-state index is 13.3. The Hall–Kier alpha value is -3.98. The number of hydrogen-bond donors (Lipinski definition) is 2. The summed E-state index contributed by atoms with van der Waals surface area (Å²) >= 11 is 3.32. The van der Waals surface area contributed by atoms with Gasteiger partial charge in [-0.3, -0.25) is 29.6 Å². The summed E-state index contributed by atoms with van der Waals surface area (Å²) in [7, 11) is 0. The molecule has 3 aromatic rings. The summed E-state index contributed by atoms with van der Waals surface area (Å²) in [6, 6.07) is 25.5. The quantitative estimate of drug-likeness (QED) is 0.417. The van der Waals surface area contributed by atoms with Crippen LogP contribution < -0.4 is 10.7 Å². The van der Waals surface area contributed by atoms with Crippen molar-refractivity contribution in [3.05, 3.63) is 101 Å². The van der Waals surface area contributed by atoms with E-state index in [1.807, 2.05) is 60.7 Å². The normalized spacial score (nSPS) is 15.0. The van der Waals surface area contributed by atoms with Gasteiger partial charge in [0.1, 0.15) is 0 Å². The van der Waals surface area contributed by atoms with Crippen LogP contribution in [-0.4, -0.2) is 41.9 Å². The minimum Gasteiger partial charge on any atom is -0.455 e. The minimum absolute atomic E-state index is 0.0337. The Balaban J connectivity index is 1.34. The largest absolute Gasteiger partial charge is 0.455 e. The zero-order valence-electron chi connectivity index (χ0n) is 19.2. The van der Waals surface area contributed by atoms with Gasteiger partial charge in [-0.2, -0.15) is 0 Å². The van der Waals surface area contributed by atoms with Crippen LogP contribution in [-0.2, 0) is 23.9 Å². The zero-order chi connectivity index (χ0) is 25.5. The van der Waals surface area contributed by atoms with Gasteiger partial charge in [-0.1, -0.05) is 76.6 Å². The van der Waals surface area contributed by atoms with Crippen molar-refractivity contribution < 1.29 is 23.9 Å². The molecule has 184 valence electrons. The third-order valence-electron chi connectivity index (χ3n) is 5.71. The van der Waals surface area contributed by atoms with E-state index < -0.39 is 36.2 Å². The van der Waals surface area contributed by atoms with Gasteiger partial charge in [-0.05, 0) is 35.4 Å². The van der Waals surface area contributed by atoms with Crippen molar-refractivity contribution >= 4 is 45.3 Å². The van der Waals surface area contributed by atoms with Gasteiger partial charge in [0.05, 0.1) is 18.4 Å². The van der Waals surface area contributed by atoms with Gasteiger partial charge in [-0.15, -0.1) is 0 Å². The molecule has 1 aliphatic heterocycles. The highest BCUT2D eigenvalue weighted by molar-refractivity contribution is 9.10. The standard InChI is InChI=1S/C27H24BrN3O5/c28-21-11-13-22(14-12-21)29-23(32)17-36-27(35)20-15-24(33)31(16-20)30-26(34)25(18-7-3-1-4-8-18)19-9-5-2-6-10-19/h1-14,20,25H,15-17H2,(H,29,32)(H,30,34)/t20-/m0/s1. The van der Waals surface area contributed by atoms with Crippen molar-refractivity contribution in [1.82, 2.24) is 10.4 Å². The van der Waals surface area contributed by atoms with E-state index in [4.69, 9.17) is 4.74 Å². The molecule has 9 heteroatoms.